The number of hydrogen-bond donors (Lipinski definition) is 0. The molecule has 27 heavy (non-hydrogen) atoms. The summed E-state index contributed by atoms with van der Waals surface area (Å²) in [6, 6.07) is 8.40. The Morgan fingerprint density at radius 1 is 1.07 bits per heavy atom. The summed E-state index contributed by atoms with van der Waals surface area (Å²) in [7, 11) is -3.28. The number of fused-ring (bicyclic) bond motifs is 1. The first-order valence-electron chi connectivity index (χ1n) is 8.23. The van der Waals surface area contributed by atoms with Gasteiger partial charge in [-0.25, -0.2) is 21.6 Å². The highest BCUT2D eigenvalue weighted by atomic mass is 32.2. The number of anilines is 1. The Kier molecular flexibility index (Phi) is 4.67. The van der Waals surface area contributed by atoms with Crippen molar-refractivity contribution in [3.8, 4) is 0 Å². The molecule has 2 heterocycles. The molecular weight excluding hydrogens is 397 g/mol. The highest BCUT2D eigenvalue weighted by molar-refractivity contribution is 8.13. The van der Waals surface area contributed by atoms with Gasteiger partial charge in [-0.15, -0.1) is 0 Å². The molecule has 0 unspecified atom stereocenters. The minimum absolute atomic E-state index is 0.0702. The molecule has 0 radical (unpaired) electrons. The molecule has 9 heteroatoms. The lowest BCUT2D eigenvalue weighted by molar-refractivity contribution is 0.577. The Bertz CT molecular complexity index is 1030. The van der Waals surface area contributed by atoms with E-state index in [1.807, 2.05) is 0 Å². The van der Waals surface area contributed by atoms with Crippen molar-refractivity contribution in [2.75, 3.05) is 16.4 Å². The van der Waals surface area contributed by atoms with Crippen molar-refractivity contribution < 1.29 is 21.6 Å². The van der Waals surface area contributed by atoms with E-state index in [9.17, 15) is 21.6 Å². The number of nitrogens with zero attached hydrogens (tertiary/aromatic N) is 2. The van der Waals surface area contributed by atoms with Crippen molar-refractivity contribution >= 4 is 32.5 Å². The van der Waals surface area contributed by atoms with Gasteiger partial charge in [0.15, 0.2) is 15.0 Å². The minimum Gasteiger partial charge on any atom is -0.312 e. The molecule has 1 saturated heterocycles. The predicted octanol–water partition coefficient (Wildman–Crippen LogP) is 3.38. The van der Waals surface area contributed by atoms with Crippen LogP contribution in [0.3, 0.4) is 0 Å². The predicted molar refractivity (Wildman–Crippen MR) is 100 cm³/mol. The largest absolute Gasteiger partial charge is 0.312 e. The molecule has 2 atom stereocenters. The number of thioether (sulfide) groups is 1. The first-order valence-corrected chi connectivity index (χ1v) is 11.0. The van der Waals surface area contributed by atoms with Crippen LogP contribution in [0.2, 0.25) is 0 Å². The van der Waals surface area contributed by atoms with Gasteiger partial charge in [0.1, 0.15) is 17.5 Å². The third kappa shape index (κ3) is 3.58. The molecule has 0 bridgehead atoms. The quantitative estimate of drug-likeness (QED) is 0.776. The highest BCUT2D eigenvalue weighted by Crippen LogP contribution is 2.37. The van der Waals surface area contributed by atoms with Gasteiger partial charge in [-0.3, -0.25) is 4.99 Å². The highest BCUT2D eigenvalue weighted by Gasteiger charge is 2.47. The molecule has 2 aromatic rings. The number of aliphatic imine (C=N–C) groups is 1. The zero-order valence-electron chi connectivity index (χ0n) is 14.0. The Morgan fingerprint density at radius 2 is 1.85 bits per heavy atom. The van der Waals surface area contributed by atoms with E-state index in [-0.39, 0.29) is 28.8 Å². The number of benzene rings is 2. The van der Waals surface area contributed by atoms with E-state index in [0.717, 1.165) is 12.1 Å². The molecule has 0 saturated carbocycles. The Balaban J connectivity index is 1.66. The molecule has 2 aromatic carbocycles. The maximum atomic E-state index is 14.4. The summed E-state index contributed by atoms with van der Waals surface area (Å²) in [6.45, 7) is 0. The first kappa shape index (κ1) is 18.4. The van der Waals surface area contributed by atoms with E-state index in [1.54, 1.807) is 18.2 Å². The summed E-state index contributed by atoms with van der Waals surface area (Å²) >= 11 is 1.20. The lowest BCUT2D eigenvalue weighted by Gasteiger charge is -2.26. The topological polar surface area (TPSA) is 49.7 Å². The zero-order chi connectivity index (χ0) is 19.2. The summed E-state index contributed by atoms with van der Waals surface area (Å²) in [5.41, 5.74) is 0.537. The molecule has 4 rings (SSSR count). The van der Waals surface area contributed by atoms with Crippen molar-refractivity contribution in [1.82, 2.24) is 0 Å². The zero-order valence-corrected chi connectivity index (χ0v) is 15.6. The van der Waals surface area contributed by atoms with Gasteiger partial charge in [0.2, 0.25) is 0 Å². The van der Waals surface area contributed by atoms with Crippen LogP contribution in [0.5, 0.6) is 0 Å². The number of hydrogen-bond acceptors (Lipinski definition) is 5. The second-order valence-corrected chi connectivity index (χ2v) is 9.57. The van der Waals surface area contributed by atoms with Crippen LogP contribution in [0.1, 0.15) is 5.56 Å². The summed E-state index contributed by atoms with van der Waals surface area (Å²) < 4.78 is 65.5. The van der Waals surface area contributed by atoms with Crippen LogP contribution >= 0.6 is 11.8 Å². The van der Waals surface area contributed by atoms with Gasteiger partial charge in [-0.1, -0.05) is 30.0 Å². The average Bonchev–Trinajstić information content (AvgIpc) is 3.06. The number of sulfone groups is 1. The summed E-state index contributed by atoms with van der Waals surface area (Å²) in [5.74, 6) is -1.87. The van der Waals surface area contributed by atoms with Gasteiger partial charge in [0, 0.05) is 11.8 Å². The third-order valence-corrected chi connectivity index (χ3v) is 7.31. The molecule has 0 aromatic heterocycles. The van der Waals surface area contributed by atoms with Gasteiger partial charge in [0.25, 0.3) is 0 Å². The van der Waals surface area contributed by atoms with Gasteiger partial charge in [-0.05, 0) is 23.8 Å². The second kappa shape index (κ2) is 6.87. The first-order chi connectivity index (χ1) is 12.8. The smallest absolute Gasteiger partial charge is 0.164 e. The second-order valence-electron chi connectivity index (χ2n) is 6.47. The summed E-state index contributed by atoms with van der Waals surface area (Å²) in [6.07, 6.45) is 0. The van der Waals surface area contributed by atoms with Crippen LogP contribution in [0.15, 0.2) is 47.5 Å². The van der Waals surface area contributed by atoms with Crippen molar-refractivity contribution in [1.29, 1.82) is 0 Å². The molecule has 142 valence electrons. The molecule has 0 spiro atoms. The average molecular weight is 412 g/mol. The molecule has 4 nitrogen and oxygen atoms in total. The third-order valence-electron chi connectivity index (χ3n) is 4.59. The summed E-state index contributed by atoms with van der Waals surface area (Å²) in [5, 5.41) is 0.411. The van der Waals surface area contributed by atoms with Crippen LogP contribution in [0, 0.1) is 17.5 Å². The van der Waals surface area contributed by atoms with Crippen LogP contribution in [0.25, 0.3) is 0 Å². The lowest BCUT2D eigenvalue weighted by Crippen LogP contribution is -2.39. The molecular formula is C18H15F3N2O2S2. The van der Waals surface area contributed by atoms with E-state index in [2.05, 4.69) is 4.99 Å². The van der Waals surface area contributed by atoms with Crippen LogP contribution < -0.4 is 4.90 Å². The number of rotatable bonds is 3. The van der Waals surface area contributed by atoms with Gasteiger partial charge in [-0.2, -0.15) is 0 Å². The van der Waals surface area contributed by atoms with E-state index in [0.29, 0.717) is 10.7 Å². The maximum Gasteiger partial charge on any atom is 0.164 e. The number of halogens is 3. The van der Waals surface area contributed by atoms with E-state index in [4.69, 9.17) is 0 Å². The fourth-order valence-corrected chi connectivity index (χ4v) is 6.30. The Labute approximate surface area is 159 Å². The number of amidine groups is 1. The normalized spacial score (nSPS) is 23.4. The van der Waals surface area contributed by atoms with Crippen molar-refractivity contribution in [3.05, 3.63) is 65.5 Å². The fourth-order valence-electron chi connectivity index (χ4n) is 3.35. The van der Waals surface area contributed by atoms with Crippen LogP contribution in [-0.4, -0.2) is 37.2 Å². The van der Waals surface area contributed by atoms with Crippen molar-refractivity contribution in [2.24, 2.45) is 4.99 Å². The molecule has 0 amide bonds. The Morgan fingerprint density at radius 3 is 2.59 bits per heavy atom. The Hall–Kier alpha value is -2.00. The van der Waals surface area contributed by atoms with Crippen LogP contribution in [-0.2, 0) is 15.6 Å². The van der Waals surface area contributed by atoms with Crippen LogP contribution in [0.4, 0.5) is 18.9 Å². The van der Waals surface area contributed by atoms with E-state index < -0.39 is 33.6 Å². The maximum absolute atomic E-state index is 14.4. The van der Waals surface area contributed by atoms with Crippen molar-refractivity contribution in [3.63, 3.8) is 0 Å². The molecule has 2 aliphatic heterocycles. The molecule has 0 N–H and O–H groups in total. The standard InChI is InChI=1S/C18H15F3N2O2S2/c19-12-5-6-16(14(21)7-12)23-17-10-27(24,25)9-15(17)22-18(23)26-8-11-3-1-2-4-13(11)20/h1-7,15,17H,8-10H2/t15-,17+/m0/s1. The van der Waals surface area contributed by atoms with E-state index in [1.165, 1.54) is 28.8 Å². The minimum atomic E-state index is -3.28. The van der Waals surface area contributed by atoms with Gasteiger partial charge >= 0.3 is 0 Å². The van der Waals surface area contributed by atoms with Gasteiger partial charge < -0.3 is 4.90 Å². The van der Waals surface area contributed by atoms with Crippen molar-refractivity contribution in [2.45, 2.75) is 17.8 Å². The molecule has 0 aliphatic carbocycles. The fraction of sp³-hybridized carbons (Fsp3) is 0.278. The SMILES string of the molecule is O=S1(=O)C[C@@H]2N=C(SCc3ccccc3F)N(c3ccc(F)cc3F)[C@@H]2C1. The molecule has 1 fully saturated rings. The lowest BCUT2D eigenvalue weighted by atomic mass is 10.1. The summed E-state index contributed by atoms with van der Waals surface area (Å²) in [4.78, 5) is 5.96. The van der Waals surface area contributed by atoms with E-state index >= 15 is 0 Å². The monoisotopic (exact) mass is 412 g/mol. The molecule has 2 aliphatic rings. The van der Waals surface area contributed by atoms with Gasteiger partial charge in [0.05, 0.1) is 29.3 Å².